The number of likely N-dealkylation sites (tertiary alicyclic amines) is 1. The molecule has 0 bridgehead atoms. The third kappa shape index (κ3) is 3.88. The van der Waals surface area contributed by atoms with Crippen LogP contribution in [0, 0.1) is 6.92 Å². The molecular weight excluding hydrogens is 338 g/mol. The van der Waals surface area contributed by atoms with Crippen molar-refractivity contribution in [1.29, 1.82) is 0 Å². The van der Waals surface area contributed by atoms with Crippen molar-refractivity contribution in [3.8, 4) is 17.1 Å². The van der Waals surface area contributed by atoms with Gasteiger partial charge in [0.05, 0.1) is 13.2 Å². The van der Waals surface area contributed by atoms with Gasteiger partial charge in [-0.2, -0.15) is 4.98 Å². The van der Waals surface area contributed by atoms with Crippen LogP contribution in [0.3, 0.4) is 0 Å². The lowest BCUT2D eigenvalue weighted by atomic mass is 10.0. The average molecular weight is 363 g/mol. The van der Waals surface area contributed by atoms with Gasteiger partial charge in [0.1, 0.15) is 5.75 Å². The van der Waals surface area contributed by atoms with Gasteiger partial charge in [0.2, 0.25) is 11.7 Å². The van der Waals surface area contributed by atoms with E-state index in [2.05, 4.69) is 52.3 Å². The zero-order chi connectivity index (χ0) is 18.6. The number of benzene rings is 2. The number of aromatic nitrogens is 2. The molecule has 0 radical (unpaired) electrons. The van der Waals surface area contributed by atoms with Crippen LogP contribution in [-0.4, -0.2) is 28.2 Å². The maximum Gasteiger partial charge on any atom is 0.241 e. The van der Waals surface area contributed by atoms with Gasteiger partial charge in [-0.15, -0.1) is 0 Å². The number of hydrogen-bond acceptors (Lipinski definition) is 5. The normalized spacial score (nSPS) is 17.3. The fourth-order valence-corrected chi connectivity index (χ4v) is 3.77. The van der Waals surface area contributed by atoms with Crippen LogP contribution in [0.4, 0.5) is 0 Å². The van der Waals surface area contributed by atoms with Crippen molar-refractivity contribution < 1.29 is 9.26 Å². The van der Waals surface area contributed by atoms with Crippen LogP contribution < -0.4 is 4.74 Å². The molecule has 0 saturated carbocycles. The minimum absolute atomic E-state index is 0.384. The van der Waals surface area contributed by atoms with Crippen molar-refractivity contribution in [3.05, 3.63) is 65.5 Å². The molecule has 0 N–H and O–H groups in total. The summed E-state index contributed by atoms with van der Waals surface area (Å²) in [6.45, 7) is 6.47. The van der Waals surface area contributed by atoms with Crippen LogP contribution in [-0.2, 0) is 6.54 Å². The molecule has 1 aliphatic rings. The minimum atomic E-state index is 0.384. The molecule has 2 heterocycles. The van der Waals surface area contributed by atoms with Crippen LogP contribution in [0.1, 0.15) is 42.8 Å². The Labute approximate surface area is 160 Å². The number of aryl methyl sites for hydroxylation is 1. The van der Waals surface area contributed by atoms with Crippen LogP contribution in [0.15, 0.2) is 53.1 Å². The number of rotatable bonds is 6. The summed E-state index contributed by atoms with van der Waals surface area (Å²) in [4.78, 5) is 7.05. The second kappa shape index (κ2) is 7.92. The molecule has 0 amide bonds. The van der Waals surface area contributed by atoms with Crippen molar-refractivity contribution in [2.45, 2.75) is 39.3 Å². The zero-order valence-corrected chi connectivity index (χ0v) is 15.9. The standard InChI is InChI=1S/C22H25N3O2/c1-3-26-18-12-10-17(11-13-18)20-9-6-14-25(20)15-21-23-22(24-27-21)19-8-5-4-7-16(19)2/h4-5,7-8,10-13,20H,3,6,9,14-15H2,1-2H3. The van der Waals surface area contributed by atoms with Crippen LogP contribution in [0.25, 0.3) is 11.4 Å². The van der Waals surface area contributed by atoms with E-state index in [0.717, 1.165) is 29.8 Å². The largest absolute Gasteiger partial charge is 0.494 e. The minimum Gasteiger partial charge on any atom is -0.494 e. The summed E-state index contributed by atoms with van der Waals surface area (Å²) in [6, 6.07) is 16.9. The van der Waals surface area contributed by atoms with Crippen LogP contribution >= 0.6 is 0 Å². The number of nitrogens with zero attached hydrogens (tertiary/aromatic N) is 3. The molecular formula is C22H25N3O2. The predicted molar refractivity (Wildman–Crippen MR) is 104 cm³/mol. The van der Waals surface area contributed by atoms with Gasteiger partial charge in [0.15, 0.2) is 0 Å². The first kappa shape index (κ1) is 17.7. The van der Waals surface area contributed by atoms with Crippen molar-refractivity contribution in [1.82, 2.24) is 15.0 Å². The Morgan fingerprint density at radius 3 is 2.74 bits per heavy atom. The Morgan fingerprint density at radius 1 is 1.15 bits per heavy atom. The van der Waals surface area contributed by atoms with Gasteiger partial charge in [-0.25, -0.2) is 0 Å². The van der Waals surface area contributed by atoms with Gasteiger partial charge in [0.25, 0.3) is 0 Å². The third-order valence-corrected chi connectivity index (χ3v) is 5.13. The van der Waals surface area contributed by atoms with E-state index < -0.39 is 0 Å². The molecule has 1 aliphatic heterocycles. The van der Waals surface area contributed by atoms with E-state index >= 15 is 0 Å². The molecule has 5 heteroatoms. The molecule has 1 aromatic heterocycles. The van der Waals surface area contributed by atoms with E-state index in [-0.39, 0.29) is 0 Å². The van der Waals surface area contributed by atoms with Crippen LogP contribution in [0.5, 0.6) is 5.75 Å². The molecule has 1 atom stereocenters. The molecule has 0 spiro atoms. The summed E-state index contributed by atoms with van der Waals surface area (Å²) in [5, 5.41) is 4.19. The molecule has 1 saturated heterocycles. The van der Waals surface area contributed by atoms with E-state index in [1.54, 1.807) is 0 Å². The summed E-state index contributed by atoms with van der Waals surface area (Å²) in [6.07, 6.45) is 2.32. The first-order valence-electron chi connectivity index (χ1n) is 9.60. The highest BCUT2D eigenvalue weighted by atomic mass is 16.5. The van der Waals surface area contributed by atoms with Gasteiger partial charge in [-0.1, -0.05) is 41.6 Å². The Kier molecular flexibility index (Phi) is 5.21. The predicted octanol–water partition coefficient (Wildman–Crippen LogP) is 4.78. The Morgan fingerprint density at radius 2 is 1.96 bits per heavy atom. The lowest BCUT2D eigenvalue weighted by Gasteiger charge is -2.23. The molecule has 3 aromatic rings. The molecule has 4 rings (SSSR count). The topological polar surface area (TPSA) is 51.4 Å². The average Bonchev–Trinajstić information content (AvgIpc) is 3.33. The fourth-order valence-electron chi connectivity index (χ4n) is 3.77. The summed E-state index contributed by atoms with van der Waals surface area (Å²) in [5.41, 5.74) is 3.49. The van der Waals surface area contributed by atoms with E-state index in [9.17, 15) is 0 Å². The third-order valence-electron chi connectivity index (χ3n) is 5.13. The smallest absolute Gasteiger partial charge is 0.241 e. The summed E-state index contributed by atoms with van der Waals surface area (Å²) < 4.78 is 11.1. The maximum atomic E-state index is 5.55. The number of ether oxygens (including phenoxy) is 1. The van der Waals surface area contributed by atoms with Gasteiger partial charge in [-0.3, -0.25) is 4.90 Å². The van der Waals surface area contributed by atoms with Gasteiger partial charge in [-0.05, 0) is 56.5 Å². The second-order valence-electron chi connectivity index (χ2n) is 6.96. The van der Waals surface area contributed by atoms with Crippen LogP contribution in [0.2, 0.25) is 0 Å². The zero-order valence-electron chi connectivity index (χ0n) is 15.9. The SMILES string of the molecule is CCOc1ccc(C2CCCN2Cc2nc(-c3ccccc3C)no2)cc1. The van der Waals surface area contributed by atoms with E-state index in [0.29, 0.717) is 30.9 Å². The Hall–Kier alpha value is -2.66. The van der Waals surface area contributed by atoms with Gasteiger partial charge < -0.3 is 9.26 Å². The summed E-state index contributed by atoms with van der Waals surface area (Å²) in [7, 11) is 0. The summed E-state index contributed by atoms with van der Waals surface area (Å²) >= 11 is 0. The quantitative estimate of drug-likeness (QED) is 0.631. The van der Waals surface area contributed by atoms with Crippen molar-refractivity contribution in [2.75, 3.05) is 13.2 Å². The highest BCUT2D eigenvalue weighted by Gasteiger charge is 2.27. The van der Waals surface area contributed by atoms with E-state index in [4.69, 9.17) is 9.26 Å². The molecule has 1 fully saturated rings. The highest BCUT2D eigenvalue weighted by molar-refractivity contribution is 5.58. The van der Waals surface area contributed by atoms with Gasteiger partial charge >= 0.3 is 0 Å². The molecule has 1 unspecified atom stereocenters. The van der Waals surface area contributed by atoms with E-state index in [1.807, 2.05) is 25.1 Å². The lowest BCUT2D eigenvalue weighted by Crippen LogP contribution is -2.22. The molecule has 0 aliphatic carbocycles. The monoisotopic (exact) mass is 363 g/mol. The molecule has 140 valence electrons. The highest BCUT2D eigenvalue weighted by Crippen LogP contribution is 2.34. The molecule has 2 aromatic carbocycles. The van der Waals surface area contributed by atoms with Crippen molar-refractivity contribution >= 4 is 0 Å². The second-order valence-corrected chi connectivity index (χ2v) is 6.96. The maximum absolute atomic E-state index is 5.55. The van der Waals surface area contributed by atoms with Gasteiger partial charge in [0, 0.05) is 11.6 Å². The Bertz CT molecular complexity index is 889. The first-order valence-corrected chi connectivity index (χ1v) is 9.60. The molecule has 27 heavy (non-hydrogen) atoms. The lowest BCUT2D eigenvalue weighted by molar-refractivity contribution is 0.212. The summed E-state index contributed by atoms with van der Waals surface area (Å²) in [5.74, 6) is 2.26. The van der Waals surface area contributed by atoms with Crippen molar-refractivity contribution in [3.63, 3.8) is 0 Å². The van der Waals surface area contributed by atoms with Crippen molar-refractivity contribution in [2.24, 2.45) is 0 Å². The Balaban J connectivity index is 1.48. The fraction of sp³-hybridized carbons (Fsp3) is 0.364. The number of hydrogen-bond donors (Lipinski definition) is 0. The first-order chi connectivity index (χ1) is 13.2. The van der Waals surface area contributed by atoms with E-state index in [1.165, 1.54) is 12.0 Å². The molecule has 5 nitrogen and oxygen atoms in total.